The smallest absolute Gasteiger partial charge is 0.255 e. The largest absolute Gasteiger partial charge is 0.497 e. The monoisotopic (exact) mass is 418 g/mol. The van der Waals surface area contributed by atoms with Crippen molar-refractivity contribution < 1.29 is 13.9 Å². The van der Waals surface area contributed by atoms with E-state index in [1.807, 2.05) is 12.1 Å². The minimum absolute atomic E-state index is 0.156. The summed E-state index contributed by atoms with van der Waals surface area (Å²) < 4.78 is 18.4. The normalized spacial score (nSPS) is 15.3. The quantitative estimate of drug-likeness (QED) is 0.663. The molecule has 1 amide bonds. The van der Waals surface area contributed by atoms with Crippen molar-refractivity contribution in [3.63, 3.8) is 0 Å². The molecule has 0 spiro atoms. The van der Waals surface area contributed by atoms with Gasteiger partial charge in [0.15, 0.2) is 0 Å². The predicted octanol–water partition coefficient (Wildman–Crippen LogP) is 4.51. The van der Waals surface area contributed by atoms with Crippen LogP contribution in [0.4, 0.5) is 4.39 Å². The van der Waals surface area contributed by atoms with Crippen molar-refractivity contribution in [1.29, 1.82) is 0 Å². The maximum absolute atomic E-state index is 13.2. The van der Waals surface area contributed by atoms with Crippen LogP contribution in [0.2, 0.25) is 5.02 Å². The zero-order valence-corrected chi connectivity index (χ0v) is 17.8. The molecular formula is C23H28ClFN2O2. The maximum atomic E-state index is 13.2. The fourth-order valence-corrected chi connectivity index (χ4v) is 4.06. The number of carbonyl (C=O) groups is 1. The summed E-state index contributed by atoms with van der Waals surface area (Å²) in [6, 6.07) is 12.2. The van der Waals surface area contributed by atoms with Crippen molar-refractivity contribution >= 4 is 17.5 Å². The molecule has 156 valence electrons. The van der Waals surface area contributed by atoms with Crippen LogP contribution < -0.4 is 4.74 Å². The molecule has 0 radical (unpaired) electrons. The van der Waals surface area contributed by atoms with Gasteiger partial charge in [0.05, 0.1) is 17.7 Å². The van der Waals surface area contributed by atoms with Gasteiger partial charge in [-0.05, 0) is 74.2 Å². The highest BCUT2D eigenvalue weighted by Crippen LogP contribution is 2.22. The predicted molar refractivity (Wildman–Crippen MR) is 114 cm³/mol. The van der Waals surface area contributed by atoms with Gasteiger partial charge in [0, 0.05) is 20.1 Å². The van der Waals surface area contributed by atoms with E-state index in [1.165, 1.54) is 23.8 Å². The van der Waals surface area contributed by atoms with E-state index in [0.717, 1.165) is 44.6 Å². The first-order chi connectivity index (χ1) is 14.0. The van der Waals surface area contributed by atoms with E-state index in [0.29, 0.717) is 18.0 Å². The number of likely N-dealkylation sites (tertiary alicyclic amines) is 1. The third-order valence-electron chi connectivity index (χ3n) is 5.62. The van der Waals surface area contributed by atoms with Crippen LogP contribution in [0.25, 0.3) is 0 Å². The van der Waals surface area contributed by atoms with E-state index in [9.17, 15) is 9.18 Å². The van der Waals surface area contributed by atoms with Crippen molar-refractivity contribution in [3.8, 4) is 5.75 Å². The number of ether oxygens (including phenoxy) is 1. The van der Waals surface area contributed by atoms with E-state index in [1.54, 1.807) is 19.1 Å². The number of rotatable bonds is 7. The van der Waals surface area contributed by atoms with Crippen LogP contribution in [0.5, 0.6) is 5.75 Å². The lowest BCUT2D eigenvalue weighted by molar-refractivity contribution is 0.0740. The van der Waals surface area contributed by atoms with Gasteiger partial charge >= 0.3 is 0 Å². The zero-order valence-electron chi connectivity index (χ0n) is 17.0. The van der Waals surface area contributed by atoms with Crippen molar-refractivity contribution in [2.45, 2.75) is 19.3 Å². The van der Waals surface area contributed by atoms with Crippen LogP contribution in [0.15, 0.2) is 42.5 Å². The molecule has 0 aromatic heterocycles. The van der Waals surface area contributed by atoms with E-state index in [2.05, 4.69) is 17.0 Å². The molecule has 4 nitrogen and oxygen atoms in total. The lowest BCUT2D eigenvalue weighted by Gasteiger charge is -2.34. The summed E-state index contributed by atoms with van der Waals surface area (Å²) >= 11 is 6.03. The van der Waals surface area contributed by atoms with Gasteiger partial charge in [-0.25, -0.2) is 4.39 Å². The standard InChI is InChI=1S/C23H28ClFN2O2/c1-26(23(28)21-8-5-19(25)15-22(21)24)16-18-10-13-27(14-11-18)12-9-17-3-6-20(29-2)7-4-17/h3-8,15,18H,9-14,16H2,1-2H3. The summed E-state index contributed by atoms with van der Waals surface area (Å²) in [5, 5.41) is 0.162. The lowest BCUT2D eigenvalue weighted by atomic mass is 9.95. The lowest BCUT2D eigenvalue weighted by Crippen LogP contribution is -2.40. The van der Waals surface area contributed by atoms with Crippen LogP contribution in [0.3, 0.4) is 0 Å². The van der Waals surface area contributed by atoms with Crippen LogP contribution in [-0.4, -0.2) is 56.0 Å². The molecule has 1 aliphatic rings. The molecule has 0 N–H and O–H groups in total. The molecular weight excluding hydrogens is 391 g/mol. The molecule has 2 aromatic carbocycles. The summed E-state index contributed by atoms with van der Waals surface area (Å²) in [5.74, 6) is 0.767. The van der Waals surface area contributed by atoms with Crippen LogP contribution >= 0.6 is 11.6 Å². The Bertz CT molecular complexity index is 820. The minimum atomic E-state index is -0.434. The van der Waals surface area contributed by atoms with E-state index in [4.69, 9.17) is 16.3 Å². The van der Waals surface area contributed by atoms with Gasteiger partial charge in [0.25, 0.3) is 5.91 Å². The number of hydrogen-bond donors (Lipinski definition) is 0. The van der Waals surface area contributed by atoms with Gasteiger partial charge < -0.3 is 14.5 Å². The number of carbonyl (C=O) groups excluding carboxylic acids is 1. The van der Waals surface area contributed by atoms with Gasteiger partial charge in [-0.2, -0.15) is 0 Å². The number of nitrogens with zero attached hydrogens (tertiary/aromatic N) is 2. The van der Waals surface area contributed by atoms with Crippen molar-refractivity contribution in [2.24, 2.45) is 5.92 Å². The highest BCUT2D eigenvalue weighted by Gasteiger charge is 2.23. The Morgan fingerprint density at radius 3 is 2.52 bits per heavy atom. The molecule has 1 heterocycles. The minimum Gasteiger partial charge on any atom is -0.497 e. The average molecular weight is 419 g/mol. The van der Waals surface area contributed by atoms with Gasteiger partial charge in [-0.1, -0.05) is 23.7 Å². The SMILES string of the molecule is COc1ccc(CCN2CCC(CN(C)C(=O)c3ccc(F)cc3Cl)CC2)cc1. The van der Waals surface area contributed by atoms with Crippen molar-refractivity contribution in [1.82, 2.24) is 9.80 Å². The first kappa shape index (κ1) is 21.6. The summed E-state index contributed by atoms with van der Waals surface area (Å²) in [4.78, 5) is 16.8. The third kappa shape index (κ3) is 5.94. The molecule has 29 heavy (non-hydrogen) atoms. The van der Waals surface area contributed by atoms with Crippen LogP contribution in [0, 0.1) is 11.7 Å². The number of piperidine rings is 1. The molecule has 2 aromatic rings. The second kappa shape index (κ2) is 10.1. The Hall–Kier alpha value is -2.11. The molecule has 1 aliphatic heterocycles. The molecule has 0 atom stereocenters. The van der Waals surface area contributed by atoms with E-state index in [-0.39, 0.29) is 10.9 Å². The molecule has 1 fully saturated rings. The first-order valence-corrected chi connectivity index (χ1v) is 10.4. The highest BCUT2D eigenvalue weighted by atomic mass is 35.5. The number of methoxy groups -OCH3 is 1. The molecule has 6 heteroatoms. The Morgan fingerprint density at radius 1 is 1.21 bits per heavy atom. The average Bonchev–Trinajstić information content (AvgIpc) is 2.73. The Balaban J connectivity index is 1.43. The molecule has 0 unspecified atom stereocenters. The second-order valence-electron chi connectivity index (χ2n) is 7.69. The van der Waals surface area contributed by atoms with Gasteiger partial charge in [0.2, 0.25) is 0 Å². The fourth-order valence-electron chi connectivity index (χ4n) is 3.81. The van der Waals surface area contributed by atoms with Crippen molar-refractivity contribution in [2.75, 3.05) is 40.3 Å². The van der Waals surface area contributed by atoms with Crippen molar-refractivity contribution in [3.05, 3.63) is 64.4 Å². The number of hydrogen-bond acceptors (Lipinski definition) is 3. The molecule has 0 saturated carbocycles. The molecule has 1 saturated heterocycles. The van der Waals surface area contributed by atoms with Crippen LogP contribution in [-0.2, 0) is 6.42 Å². The number of halogens is 2. The molecule has 3 rings (SSSR count). The number of benzene rings is 2. The number of amides is 1. The highest BCUT2D eigenvalue weighted by molar-refractivity contribution is 6.33. The Labute approximate surface area is 177 Å². The van der Waals surface area contributed by atoms with E-state index >= 15 is 0 Å². The molecule has 0 bridgehead atoms. The molecule has 0 aliphatic carbocycles. The van der Waals surface area contributed by atoms with E-state index < -0.39 is 5.82 Å². The summed E-state index contributed by atoms with van der Waals surface area (Å²) in [6.45, 7) is 3.82. The zero-order chi connectivity index (χ0) is 20.8. The summed E-state index contributed by atoms with van der Waals surface area (Å²) in [6.07, 6.45) is 3.16. The van der Waals surface area contributed by atoms with Crippen LogP contribution in [0.1, 0.15) is 28.8 Å². The summed E-state index contributed by atoms with van der Waals surface area (Å²) in [5.41, 5.74) is 1.67. The second-order valence-corrected chi connectivity index (χ2v) is 8.10. The Kier molecular flexibility index (Phi) is 7.51. The topological polar surface area (TPSA) is 32.8 Å². The summed E-state index contributed by atoms with van der Waals surface area (Å²) in [7, 11) is 3.47. The maximum Gasteiger partial charge on any atom is 0.255 e. The van der Waals surface area contributed by atoms with Gasteiger partial charge in [-0.15, -0.1) is 0 Å². The Morgan fingerprint density at radius 2 is 1.90 bits per heavy atom. The third-order valence-corrected chi connectivity index (χ3v) is 5.94. The first-order valence-electron chi connectivity index (χ1n) is 10.0. The van der Waals surface area contributed by atoms with Gasteiger partial charge in [-0.3, -0.25) is 4.79 Å². The fraction of sp³-hybridized carbons (Fsp3) is 0.435. The van der Waals surface area contributed by atoms with Gasteiger partial charge in [0.1, 0.15) is 11.6 Å².